The van der Waals surface area contributed by atoms with Crippen LogP contribution in [-0.4, -0.2) is 61.8 Å². The van der Waals surface area contributed by atoms with Crippen LogP contribution in [0.2, 0.25) is 0 Å². The average molecular weight is 627 g/mol. The fourth-order valence-electron chi connectivity index (χ4n) is 6.36. The number of ether oxygens (including phenoxy) is 4. The first-order valence-corrected chi connectivity index (χ1v) is 15.7. The number of benzene rings is 3. The molecular weight excluding hydrogens is 584 g/mol. The molecule has 46 heavy (non-hydrogen) atoms. The predicted molar refractivity (Wildman–Crippen MR) is 176 cm³/mol. The Bertz CT molecular complexity index is 1590. The summed E-state index contributed by atoms with van der Waals surface area (Å²) in [5.74, 6) is 0.0988. The predicted octanol–water partition coefficient (Wildman–Crippen LogP) is 6.36. The minimum absolute atomic E-state index is 0.180. The molecule has 0 aromatic heterocycles. The molecule has 1 amide bonds. The molecule has 0 radical (unpaired) electrons. The van der Waals surface area contributed by atoms with Crippen molar-refractivity contribution in [1.82, 2.24) is 4.90 Å². The molecular formula is C37H42N2O7. The lowest BCUT2D eigenvalue weighted by molar-refractivity contribution is -0.170. The maximum absolute atomic E-state index is 14.1. The fraction of sp³-hybridized carbons (Fsp3) is 0.378. The van der Waals surface area contributed by atoms with Gasteiger partial charge in [0.2, 0.25) is 0 Å². The lowest BCUT2D eigenvalue weighted by Crippen LogP contribution is -2.56. The summed E-state index contributed by atoms with van der Waals surface area (Å²) in [6.45, 7) is 7.27. The molecule has 9 heteroatoms. The number of fused-ring (bicyclic) bond motifs is 1. The van der Waals surface area contributed by atoms with E-state index in [-0.39, 0.29) is 24.5 Å². The van der Waals surface area contributed by atoms with Crippen molar-refractivity contribution in [1.29, 1.82) is 0 Å². The SMILES string of the molecule is COC(=O)/C=C/c1cccc(N(Cc2ccc3c(c2OC)OC(C)(C)[C@@H](OC(C)=O)[C@@H]3N2CCCCC2)C(=O)c2ccccc2)c1. The number of piperidine rings is 1. The number of amides is 1. The minimum Gasteiger partial charge on any atom is -0.492 e. The second-order valence-electron chi connectivity index (χ2n) is 12.2. The lowest BCUT2D eigenvalue weighted by Gasteiger charge is -2.49. The summed E-state index contributed by atoms with van der Waals surface area (Å²) in [6.07, 6.45) is 5.77. The van der Waals surface area contributed by atoms with Gasteiger partial charge in [-0.25, -0.2) is 4.79 Å². The van der Waals surface area contributed by atoms with Gasteiger partial charge in [0.05, 0.1) is 26.8 Å². The van der Waals surface area contributed by atoms with Crippen LogP contribution in [-0.2, 0) is 25.6 Å². The maximum Gasteiger partial charge on any atom is 0.330 e. The summed E-state index contributed by atoms with van der Waals surface area (Å²) in [6, 6.07) is 20.3. The first-order chi connectivity index (χ1) is 22.1. The molecule has 2 atom stereocenters. The van der Waals surface area contributed by atoms with Gasteiger partial charge in [0.15, 0.2) is 17.6 Å². The van der Waals surface area contributed by atoms with Gasteiger partial charge in [0.1, 0.15) is 5.60 Å². The van der Waals surface area contributed by atoms with Gasteiger partial charge in [-0.1, -0.05) is 48.9 Å². The number of esters is 2. The molecule has 0 bridgehead atoms. The Kier molecular flexibility index (Phi) is 10.1. The van der Waals surface area contributed by atoms with Gasteiger partial charge in [0, 0.05) is 35.4 Å². The van der Waals surface area contributed by atoms with Crippen molar-refractivity contribution in [2.75, 3.05) is 32.2 Å². The molecule has 2 heterocycles. The largest absolute Gasteiger partial charge is 0.492 e. The molecule has 2 aliphatic rings. The number of anilines is 1. The number of carbonyl (C=O) groups is 3. The lowest BCUT2D eigenvalue weighted by atomic mass is 9.83. The topological polar surface area (TPSA) is 94.6 Å². The van der Waals surface area contributed by atoms with Crippen LogP contribution in [0, 0.1) is 0 Å². The zero-order valence-electron chi connectivity index (χ0n) is 27.2. The molecule has 3 aromatic carbocycles. The number of methoxy groups -OCH3 is 2. The zero-order valence-corrected chi connectivity index (χ0v) is 27.2. The van der Waals surface area contributed by atoms with Gasteiger partial charge in [0.25, 0.3) is 5.91 Å². The Morgan fingerprint density at radius 3 is 2.39 bits per heavy atom. The van der Waals surface area contributed by atoms with Gasteiger partial charge < -0.3 is 23.8 Å². The summed E-state index contributed by atoms with van der Waals surface area (Å²) < 4.78 is 23.4. The van der Waals surface area contributed by atoms with Gasteiger partial charge >= 0.3 is 11.9 Å². The molecule has 0 aliphatic carbocycles. The van der Waals surface area contributed by atoms with Gasteiger partial charge in [-0.2, -0.15) is 0 Å². The number of hydrogen-bond donors (Lipinski definition) is 0. The average Bonchev–Trinajstić information content (AvgIpc) is 3.06. The second-order valence-corrected chi connectivity index (χ2v) is 12.2. The highest BCUT2D eigenvalue weighted by Crippen LogP contribution is 2.50. The van der Waals surface area contributed by atoms with E-state index in [2.05, 4.69) is 4.90 Å². The minimum atomic E-state index is -0.855. The van der Waals surface area contributed by atoms with Gasteiger partial charge in [-0.3, -0.25) is 14.5 Å². The first kappa shape index (κ1) is 32.8. The zero-order chi connectivity index (χ0) is 32.8. The highest BCUT2D eigenvalue weighted by molar-refractivity contribution is 6.06. The van der Waals surface area contributed by atoms with E-state index in [1.54, 1.807) is 30.2 Å². The first-order valence-electron chi connectivity index (χ1n) is 15.7. The molecule has 1 saturated heterocycles. The van der Waals surface area contributed by atoms with Crippen molar-refractivity contribution in [2.45, 2.75) is 64.3 Å². The van der Waals surface area contributed by atoms with Crippen LogP contribution in [0.3, 0.4) is 0 Å². The molecule has 0 saturated carbocycles. The summed E-state index contributed by atoms with van der Waals surface area (Å²) in [5.41, 5.74) is 2.69. The van der Waals surface area contributed by atoms with Crippen molar-refractivity contribution < 1.29 is 33.3 Å². The van der Waals surface area contributed by atoms with E-state index >= 15 is 0 Å². The summed E-state index contributed by atoms with van der Waals surface area (Å²) in [7, 11) is 2.93. The van der Waals surface area contributed by atoms with Crippen LogP contribution in [0.5, 0.6) is 11.5 Å². The van der Waals surface area contributed by atoms with Crippen molar-refractivity contribution in [3.8, 4) is 11.5 Å². The van der Waals surface area contributed by atoms with Crippen LogP contribution in [0.15, 0.2) is 72.8 Å². The van der Waals surface area contributed by atoms with Crippen molar-refractivity contribution in [3.63, 3.8) is 0 Å². The number of likely N-dealkylation sites (tertiary alicyclic amines) is 1. The molecule has 5 rings (SSSR count). The van der Waals surface area contributed by atoms with E-state index < -0.39 is 17.7 Å². The van der Waals surface area contributed by atoms with Crippen LogP contribution in [0.4, 0.5) is 5.69 Å². The third-order valence-corrected chi connectivity index (χ3v) is 8.55. The molecule has 1 fully saturated rings. The Balaban J connectivity index is 1.59. The van der Waals surface area contributed by atoms with Crippen molar-refractivity contribution in [3.05, 3.63) is 95.1 Å². The van der Waals surface area contributed by atoms with Crippen LogP contribution < -0.4 is 14.4 Å². The normalized spacial score (nSPS) is 19.1. The van der Waals surface area contributed by atoms with Crippen molar-refractivity contribution >= 4 is 29.6 Å². The molecule has 0 unspecified atom stereocenters. The highest BCUT2D eigenvalue weighted by atomic mass is 16.6. The van der Waals surface area contributed by atoms with E-state index in [1.165, 1.54) is 26.5 Å². The Morgan fingerprint density at radius 2 is 1.72 bits per heavy atom. The standard InChI is InChI=1S/C37H42N2O7/c1-25(40)45-35-32(38-21-10-7-11-22-38)30-19-18-28(33(44-5)34(30)46-37(35,2)3)24-39(36(42)27-14-8-6-9-15-27)29-16-12-13-26(23-29)17-20-31(41)43-4/h6,8-9,12-20,23,32,35H,7,10-11,21-22,24H2,1-5H3/b20-17+/t32-,35+/m1/s1. The van der Waals surface area contributed by atoms with Crippen LogP contribution in [0.25, 0.3) is 6.08 Å². The smallest absolute Gasteiger partial charge is 0.330 e. The molecule has 9 nitrogen and oxygen atoms in total. The number of carbonyl (C=O) groups excluding carboxylic acids is 3. The summed E-state index contributed by atoms with van der Waals surface area (Å²) in [5, 5.41) is 0. The monoisotopic (exact) mass is 626 g/mol. The fourth-order valence-corrected chi connectivity index (χ4v) is 6.36. The summed E-state index contributed by atoms with van der Waals surface area (Å²) >= 11 is 0. The van der Waals surface area contributed by atoms with E-state index in [1.807, 2.05) is 68.4 Å². The van der Waals surface area contributed by atoms with Crippen LogP contribution in [0.1, 0.15) is 73.1 Å². The molecule has 0 N–H and O–H groups in total. The van der Waals surface area contributed by atoms with Gasteiger partial charge in [-0.15, -0.1) is 0 Å². The molecule has 3 aromatic rings. The Morgan fingerprint density at radius 1 is 0.978 bits per heavy atom. The Hall–Kier alpha value is -4.63. The van der Waals surface area contributed by atoms with Crippen LogP contribution >= 0.6 is 0 Å². The third-order valence-electron chi connectivity index (χ3n) is 8.55. The highest BCUT2D eigenvalue weighted by Gasteiger charge is 2.50. The number of rotatable bonds is 9. The maximum atomic E-state index is 14.1. The van der Waals surface area contributed by atoms with Gasteiger partial charge in [-0.05, 0) is 75.7 Å². The molecule has 242 valence electrons. The Labute approximate surface area is 270 Å². The summed E-state index contributed by atoms with van der Waals surface area (Å²) in [4.78, 5) is 42.2. The number of hydrogen-bond acceptors (Lipinski definition) is 8. The van der Waals surface area contributed by atoms with E-state index in [4.69, 9.17) is 18.9 Å². The van der Waals surface area contributed by atoms with E-state index in [0.29, 0.717) is 22.7 Å². The molecule has 2 aliphatic heterocycles. The molecule has 0 spiro atoms. The number of nitrogens with zero attached hydrogens (tertiary/aromatic N) is 2. The quantitative estimate of drug-likeness (QED) is 0.200. The van der Waals surface area contributed by atoms with E-state index in [9.17, 15) is 14.4 Å². The second kappa shape index (κ2) is 14.2. The van der Waals surface area contributed by atoms with Crippen molar-refractivity contribution in [2.24, 2.45) is 0 Å². The third kappa shape index (κ3) is 7.10. The van der Waals surface area contributed by atoms with E-state index in [0.717, 1.165) is 42.6 Å².